The van der Waals surface area contributed by atoms with Gasteiger partial charge in [0.2, 0.25) is 0 Å². The first kappa shape index (κ1) is 10.3. The third-order valence-corrected chi connectivity index (χ3v) is 4.35. The van der Waals surface area contributed by atoms with Crippen LogP contribution in [0.4, 0.5) is 0 Å². The van der Waals surface area contributed by atoms with E-state index < -0.39 is 0 Å². The zero-order valence-electron chi connectivity index (χ0n) is 10.1. The summed E-state index contributed by atoms with van der Waals surface area (Å²) in [5.74, 6) is 0.838. The number of nitrogens with zero attached hydrogens (tertiary/aromatic N) is 3. The smallest absolute Gasteiger partial charge is 0.0901 e. The Hall–Kier alpha value is -0.900. The van der Waals surface area contributed by atoms with Crippen LogP contribution in [0.25, 0.3) is 0 Å². The van der Waals surface area contributed by atoms with Gasteiger partial charge in [-0.3, -0.25) is 4.68 Å². The number of rotatable bonds is 4. The van der Waals surface area contributed by atoms with Crippen molar-refractivity contribution in [1.82, 2.24) is 15.0 Å². The molecule has 0 bridgehead atoms. The fourth-order valence-corrected chi connectivity index (χ4v) is 2.25. The van der Waals surface area contributed by atoms with E-state index in [-0.39, 0.29) is 11.0 Å². The van der Waals surface area contributed by atoms with Crippen molar-refractivity contribution in [2.75, 3.05) is 0 Å². The van der Waals surface area contributed by atoms with Gasteiger partial charge in [0, 0.05) is 23.7 Å². The van der Waals surface area contributed by atoms with Crippen LogP contribution in [0.2, 0.25) is 0 Å². The fourth-order valence-electron chi connectivity index (χ4n) is 2.25. The van der Waals surface area contributed by atoms with Crippen LogP contribution in [0.5, 0.6) is 0 Å². The van der Waals surface area contributed by atoms with Gasteiger partial charge in [0.15, 0.2) is 0 Å². The van der Waals surface area contributed by atoms with Crippen molar-refractivity contribution in [2.24, 2.45) is 11.7 Å². The number of aromatic nitrogens is 3. The summed E-state index contributed by atoms with van der Waals surface area (Å²) in [4.78, 5) is 0. The average Bonchev–Trinajstić information content (AvgIpc) is 3.10. The van der Waals surface area contributed by atoms with Gasteiger partial charge in [0.05, 0.1) is 5.69 Å². The predicted octanol–water partition coefficient (Wildman–Crippen LogP) is 1.46. The van der Waals surface area contributed by atoms with Crippen LogP contribution in [-0.2, 0) is 12.0 Å². The van der Waals surface area contributed by atoms with Crippen LogP contribution in [0, 0.1) is 5.92 Å². The third-order valence-electron chi connectivity index (χ3n) is 4.35. The lowest BCUT2D eigenvalue weighted by atomic mass is 9.80. The SMILES string of the molecule is CC(C)(c1cn(CC2CC2)nn1)C1(N)CC1. The molecule has 2 aliphatic rings. The Bertz CT molecular complexity index is 399. The molecule has 0 unspecified atom stereocenters. The van der Waals surface area contributed by atoms with E-state index in [1.54, 1.807) is 0 Å². The Morgan fingerprint density at radius 3 is 2.75 bits per heavy atom. The second-order valence-electron chi connectivity index (χ2n) is 6.05. The first-order valence-corrected chi connectivity index (χ1v) is 6.21. The third kappa shape index (κ3) is 1.56. The molecule has 0 atom stereocenters. The van der Waals surface area contributed by atoms with Gasteiger partial charge in [-0.25, -0.2) is 0 Å². The summed E-state index contributed by atoms with van der Waals surface area (Å²) >= 11 is 0. The summed E-state index contributed by atoms with van der Waals surface area (Å²) in [6.07, 6.45) is 7.00. The monoisotopic (exact) mass is 220 g/mol. The highest BCUT2D eigenvalue weighted by Gasteiger charge is 2.53. The van der Waals surface area contributed by atoms with E-state index in [2.05, 4.69) is 30.4 Å². The van der Waals surface area contributed by atoms with Gasteiger partial charge in [0.25, 0.3) is 0 Å². The standard InChI is InChI=1S/C12H20N4/c1-11(2,12(13)5-6-12)10-8-16(15-14-10)7-9-3-4-9/h8-9H,3-7,13H2,1-2H3. The molecule has 2 saturated carbocycles. The lowest BCUT2D eigenvalue weighted by Gasteiger charge is -2.29. The number of hydrogen-bond acceptors (Lipinski definition) is 3. The maximum absolute atomic E-state index is 6.30. The zero-order chi connectivity index (χ0) is 11.4. The van der Waals surface area contributed by atoms with Gasteiger partial charge in [-0.2, -0.15) is 0 Å². The summed E-state index contributed by atoms with van der Waals surface area (Å²) in [6.45, 7) is 5.40. The molecule has 88 valence electrons. The molecule has 2 N–H and O–H groups in total. The molecule has 3 rings (SSSR count). The number of hydrogen-bond donors (Lipinski definition) is 1. The Kier molecular flexibility index (Phi) is 1.97. The largest absolute Gasteiger partial charge is 0.324 e. The second kappa shape index (κ2) is 3.06. The van der Waals surface area contributed by atoms with E-state index in [0.717, 1.165) is 31.0 Å². The van der Waals surface area contributed by atoms with Gasteiger partial charge < -0.3 is 5.73 Å². The van der Waals surface area contributed by atoms with E-state index in [1.165, 1.54) is 12.8 Å². The van der Waals surface area contributed by atoms with Crippen molar-refractivity contribution in [3.63, 3.8) is 0 Å². The van der Waals surface area contributed by atoms with Crippen molar-refractivity contribution in [1.29, 1.82) is 0 Å². The van der Waals surface area contributed by atoms with Gasteiger partial charge >= 0.3 is 0 Å². The molecule has 4 nitrogen and oxygen atoms in total. The van der Waals surface area contributed by atoms with Crippen LogP contribution in [-0.4, -0.2) is 20.5 Å². The molecule has 0 spiro atoms. The van der Waals surface area contributed by atoms with E-state index in [1.807, 2.05) is 4.68 Å². The van der Waals surface area contributed by atoms with E-state index in [9.17, 15) is 0 Å². The Morgan fingerprint density at radius 1 is 1.50 bits per heavy atom. The maximum atomic E-state index is 6.30. The molecular weight excluding hydrogens is 200 g/mol. The molecule has 2 aliphatic carbocycles. The highest BCUT2D eigenvalue weighted by atomic mass is 15.4. The molecule has 1 heterocycles. The topological polar surface area (TPSA) is 56.7 Å². The molecule has 0 aliphatic heterocycles. The van der Waals surface area contributed by atoms with Crippen molar-refractivity contribution < 1.29 is 0 Å². The Labute approximate surface area is 96.2 Å². The van der Waals surface area contributed by atoms with E-state index in [0.29, 0.717) is 0 Å². The minimum Gasteiger partial charge on any atom is -0.324 e. The molecule has 0 aromatic carbocycles. The highest BCUT2D eigenvalue weighted by molar-refractivity contribution is 5.24. The van der Waals surface area contributed by atoms with Gasteiger partial charge in [0.1, 0.15) is 0 Å². The van der Waals surface area contributed by atoms with Gasteiger partial charge in [-0.05, 0) is 31.6 Å². The molecule has 0 radical (unpaired) electrons. The maximum Gasteiger partial charge on any atom is 0.0901 e. The first-order chi connectivity index (χ1) is 7.51. The second-order valence-corrected chi connectivity index (χ2v) is 6.05. The Balaban J connectivity index is 1.80. The predicted molar refractivity (Wildman–Crippen MR) is 61.9 cm³/mol. The molecule has 4 heteroatoms. The minimum absolute atomic E-state index is 0.0468. The molecule has 2 fully saturated rings. The van der Waals surface area contributed by atoms with Crippen molar-refractivity contribution in [3.05, 3.63) is 11.9 Å². The first-order valence-electron chi connectivity index (χ1n) is 6.21. The lowest BCUT2D eigenvalue weighted by Crippen LogP contribution is -2.43. The van der Waals surface area contributed by atoms with Crippen LogP contribution < -0.4 is 5.73 Å². The van der Waals surface area contributed by atoms with Crippen LogP contribution in [0.15, 0.2) is 6.20 Å². The van der Waals surface area contributed by atoms with Crippen LogP contribution in [0.3, 0.4) is 0 Å². The van der Waals surface area contributed by atoms with Crippen LogP contribution >= 0.6 is 0 Å². The summed E-state index contributed by atoms with van der Waals surface area (Å²) in [5, 5.41) is 8.52. The van der Waals surface area contributed by atoms with Gasteiger partial charge in [-0.1, -0.05) is 19.1 Å². The Morgan fingerprint density at radius 2 is 2.19 bits per heavy atom. The quantitative estimate of drug-likeness (QED) is 0.835. The molecule has 1 aromatic heterocycles. The molecule has 0 amide bonds. The molecule has 0 saturated heterocycles. The van der Waals surface area contributed by atoms with Gasteiger partial charge in [-0.15, -0.1) is 5.10 Å². The molecule has 16 heavy (non-hydrogen) atoms. The van der Waals surface area contributed by atoms with Crippen molar-refractivity contribution >= 4 is 0 Å². The molecule has 1 aromatic rings. The summed E-state index contributed by atoms with van der Waals surface area (Å²) in [6, 6.07) is 0. The lowest BCUT2D eigenvalue weighted by molar-refractivity contribution is 0.380. The normalized spacial score (nSPS) is 23.4. The van der Waals surface area contributed by atoms with Crippen molar-refractivity contribution in [3.8, 4) is 0 Å². The summed E-state index contributed by atoms with van der Waals surface area (Å²) in [7, 11) is 0. The zero-order valence-corrected chi connectivity index (χ0v) is 10.1. The van der Waals surface area contributed by atoms with Crippen molar-refractivity contribution in [2.45, 2.75) is 57.0 Å². The minimum atomic E-state index is -0.0482. The summed E-state index contributed by atoms with van der Waals surface area (Å²) < 4.78 is 1.99. The van der Waals surface area contributed by atoms with E-state index in [4.69, 9.17) is 5.73 Å². The number of nitrogens with two attached hydrogens (primary N) is 1. The van der Waals surface area contributed by atoms with Crippen LogP contribution in [0.1, 0.15) is 45.2 Å². The molecular formula is C12H20N4. The highest BCUT2D eigenvalue weighted by Crippen LogP contribution is 2.48. The summed E-state index contributed by atoms with van der Waals surface area (Å²) in [5.41, 5.74) is 7.26. The fraction of sp³-hybridized carbons (Fsp3) is 0.833. The van der Waals surface area contributed by atoms with E-state index >= 15 is 0 Å². The average molecular weight is 220 g/mol.